The van der Waals surface area contributed by atoms with Crippen LogP contribution in [0.25, 0.3) is 0 Å². The van der Waals surface area contributed by atoms with Gasteiger partial charge in [0, 0.05) is 38.8 Å². The maximum absolute atomic E-state index is 12.2. The summed E-state index contributed by atoms with van der Waals surface area (Å²) in [5.41, 5.74) is 1.33. The van der Waals surface area contributed by atoms with E-state index in [2.05, 4.69) is 49.4 Å². The van der Waals surface area contributed by atoms with Crippen molar-refractivity contribution in [3.05, 3.63) is 78.6 Å². The molecule has 1 saturated heterocycles. The van der Waals surface area contributed by atoms with Crippen LogP contribution in [-0.4, -0.2) is 53.6 Å². The van der Waals surface area contributed by atoms with Crippen molar-refractivity contribution >= 4 is 17.5 Å². The Hall–Kier alpha value is -3.45. The molecule has 0 unspecified atom stereocenters. The number of anilines is 2. The van der Waals surface area contributed by atoms with E-state index in [-0.39, 0.29) is 12.5 Å². The average molecular weight is 403 g/mol. The van der Waals surface area contributed by atoms with E-state index < -0.39 is 0 Å². The molecular formula is C23H25N5O2. The Labute approximate surface area is 176 Å². The van der Waals surface area contributed by atoms with Gasteiger partial charge in [-0.25, -0.2) is 9.97 Å². The molecule has 1 N–H and O–H groups in total. The summed E-state index contributed by atoms with van der Waals surface area (Å²) in [6, 6.07) is 21.6. The first-order valence-electron chi connectivity index (χ1n) is 10.1. The summed E-state index contributed by atoms with van der Waals surface area (Å²) < 4.78 is 5.48. The number of para-hydroxylation sites is 1. The second-order valence-electron chi connectivity index (χ2n) is 7.16. The molecule has 1 aliphatic rings. The van der Waals surface area contributed by atoms with Crippen LogP contribution in [0.3, 0.4) is 0 Å². The van der Waals surface area contributed by atoms with Crippen LogP contribution in [0, 0.1) is 0 Å². The fraction of sp³-hybridized carbons (Fsp3) is 0.261. The number of piperazine rings is 1. The smallest absolute Gasteiger partial charge is 0.263 e. The number of hydrogen-bond acceptors (Lipinski definition) is 6. The lowest BCUT2D eigenvalue weighted by atomic mass is 10.2. The molecule has 0 saturated carbocycles. The molecule has 30 heavy (non-hydrogen) atoms. The van der Waals surface area contributed by atoms with Crippen LogP contribution in [0.5, 0.6) is 5.75 Å². The van der Waals surface area contributed by atoms with Gasteiger partial charge in [-0.05, 0) is 17.7 Å². The lowest BCUT2D eigenvalue weighted by Crippen LogP contribution is -2.46. The van der Waals surface area contributed by atoms with Gasteiger partial charge in [-0.15, -0.1) is 0 Å². The van der Waals surface area contributed by atoms with Gasteiger partial charge >= 0.3 is 0 Å². The van der Waals surface area contributed by atoms with Crippen molar-refractivity contribution in [2.24, 2.45) is 0 Å². The number of amides is 1. The molecule has 7 nitrogen and oxygen atoms in total. The quantitative estimate of drug-likeness (QED) is 0.654. The van der Waals surface area contributed by atoms with Gasteiger partial charge in [0.25, 0.3) is 5.91 Å². The Kier molecular flexibility index (Phi) is 6.51. The molecule has 0 aliphatic carbocycles. The van der Waals surface area contributed by atoms with Crippen LogP contribution >= 0.6 is 0 Å². The molecule has 1 aliphatic heterocycles. The normalized spacial score (nSPS) is 14.3. The van der Waals surface area contributed by atoms with E-state index in [1.165, 1.54) is 11.9 Å². The van der Waals surface area contributed by atoms with Crippen LogP contribution in [0.1, 0.15) is 5.56 Å². The fourth-order valence-corrected chi connectivity index (χ4v) is 3.41. The second kappa shape index (κ2) is 9.84. The van der Waals surface area contributed by atoms with Gasteiger partial charge in [0.1, 0.15) is 23.7 Å². The molecule has 2 aromatic carbocycles. The summed E-state index contributed by atoms with van der Waals surface area (Å²) in [6.07, 6.45) is 1.49. The minimum Gasteiger partial charge on any atom is -0.484 e. The van der Waals surface area contributed by atoms with Gasteiger partial charge in [0.15, 0.2) is 6.61 Å². The summed E-state index contributed by atoms with van der Waals surface area (Å²) in [4.78, 5) is 25.4. The molecule has 0 radical (unpaired) electrons. The highest BCUT2D eigenvalue weighted by molar-refractivity contribution is 5.91. The van der Waals surface area contributed by atoms with Crippen molar-refractivity contribution in [1.29, 1.82) is 0 Å². The largest absolute Gasteiger partial charge is 0.484 e. The van der Waals surface area contributed by atoms with Crippen LogP contribution < -0.4 is 15.0 Å². The van der Waals surface area contributed by atoms with E-state index in [0.29, 0.717) is 11.6 Å². The van der Waals surface area contributed by atoms with Crippen LogP contribution in [-0.2, 0) is 11.3 Å². The molecule has 4 rings (SSSR count). The second-order valence-corrected chi connectivity index (χ2v) is 7.16. The van der Waals surface area contributed by atoms with Crippen LogP contribution in [0.15, 0.2) is 73.1 Å². The maximum atomic E-state index is 12.2. The van der Waals surface area contributed by atoms with E-state index in [1.807, 2.05) is 42.5 Å². The number of hydrogen-bond donors (Lipinski definition) is 1. The molecule has 0 spiro atoms. The molecule has 7 heteroatoms. The topological polar surface area (TPSA) is 70.6 Å². The SMILES string of the molecule is O=C(COc1ccccc1)Nc1cc(N2CCN(Cc3ccccc3)CC2)ncn1. The monoisotopic (exact) mass is 403 g/mol. The van der Waals surface area contributed by atoms with Gasteiger partial charge in [-0.1, -0.05) is 48.5 Å². The van der Waals surface area contributed by atoms with Gasteiger partial charge in [-0.2, -0.15) is 0 Å². The van der Waals surface area contributed by atoms with Crippen LogP contribution in [0.4, 0.5) is 11.6 Å². The molecule has 154 valence electrons. The fourth-order valence-electron chi connectivity index (χ4n) is 3.41. The van der Waals surface area contributed by atoms with Gasteiger partial charge in [0.2, 0.25) is 0 Å². The Morgan fingerprint density at radius 1 is 0.933 bits per heavy atom. The number of rotatable bonds is 7. The molecule has 2 heterocycles. The first-order valence-corrected chi connectivity index (χ1v) is 10.1. The number of carbonyl (C=O) groups is 1. The Morgan fingerprint density at radius 3 is 2.37 bits per heavy atom. The van der Waals surface area contributed by atoms with E-state index in [4.69, 9.17) is 4.74 Å². The van der Waals surface area contributed by atoms with Crippen LogP contribution in [0.2, 0.25) is 0 Å². The third-order valence-electron chi connectivity index (χ3n) is 4.98. The standard InChI is InChI=1S/C23H25N5O2/c29-23(17-30-20-9-5-2-6-10-20)26-21-15-22(25-18-24-21)28-13-11-27(12-14-28)16-19-7-3-1-4-8-19/h1-10,15,18H,11-14,16-17H2,(H,24,25,26,29). The molecule has 0 bridgehead atoms. The zero-order chi connectivity index (χ0) is 20.6. The highest BCUT2D eigenvalue weighted by Crippen LogP contribution is 2.17. The van der Waals surface area contributed by atoms with Crippen molar-refractivity contribution in [3.63, 3.8) is 0 Å². The third kappa shape index (κ3) is 5.55. The summed E-state index contributed by atoms with van der Waals surface area (Å²) in [5.74, 6) is 1.71. The van der Waals surface area contributed by atoms with Crippen molar-refractivity contribution in [2.45, 2.75) is 6.54 Å². The minimum atomic E-state index is -0.254. The number of aromatic nitrogens is 2. The zero-order valence-electron chi connectivity index (χ0n) is 16.8. The molecule has 1 aromatic heterocycles. The number of ether oxygens (including phenoxy) is 1. The van der Waals surface area contributed by atoms with Gasteiger partial charge < -0.3 is 15.0 Å². The molecule has 3 aromatic rings. The third-order valence-corrected chi connectivity index (χ3v) is 4.98. The maximum Gasteiger partial charge on any atom is 0.263 e. The number of benzene rings is 2. The highest BCUT2D eigenvalue weighted by Gasteiger charge is 2.19. The highest BCUT2D eigenvalue weighted by atomic mass is 16.5. The summed E-state index contributed by atoms with van der Waals surface area (Å²) in [5, 5.41) is 2.78. The van der Waals surface area contributed by atoms with Crippen molar-refractivity contribution in [2.75, 3.05) is 43.0 Å². The summed E-state index contributed by atoms with van der Waals surface area (Å²) >= 11 is 0. The number of nitrogens with zero attached hydrogens (tertiary/aromatic N) is 4. The van der Waals surface area contributed by atoms with Crippen molar-refractivity contribution in [1.82, 2.24) is 14.9 Å². The minimum absolute atomic E-state index is 0.0679. The first-order chi connectivity index (χ1) is 14.8. The summed E-state index contributed by atoms with van der Waals surface area (Å²) in [7, 11) is 0. The van der Waals surface area contributed by atoms with E-state index in [1.54, 1.807) is 0 Å². The van der Waals surface area contributed by atoms with Crippen molar-refractivity contribution < 1.29 is 9.53 Å². The van der Waals surface area contributed by atoms with E-state index >= 15 is 0 Å². The van der Waals surface area contributed by atoms with Gasteiger partial charge in [0.05, 0.1) is 0 Å². The molecule has 1 amide bonds. The number of nitrogens with one attached hydrogen (secondary N) is 1. The average Bonchev–Trinajstić information content (AvgIpc) is 2.80. The van der Waals surface area contributed by atoms with E-state index in [0.717, 1.165) is 38.5 Å². The lowest BCUT2D eigenvalue weighted by Gasteiger charge is -2.35. The summed E-state index contributed by atoms with van der Waals surface area (Å²) in [6.45, 7) is 4.59. The molecule has 0 atom stereocenters. The molecular weight excluding hydrogens is 378 g/mol. The Bertz CT molecular complexity index is 944. The predicted octanol–water partition coefficient (Wildman–Crippen LogP) is 2.82. The molecule has 1 fully saturated rings. The Balaban J connectivity index is 1.27. The van der Waals surface area contributed by atoms with E-state index in [9.17, 15) is 4.79 Å². The predicted molar refractivity (Wildman–Crippen MR) is 117 cm³/mol. The van der Waals surface area contributed by atoms with Crippen molar-refractivity contribution in [3.8, 4) is 5.75 Å². The van der Waals surface area contributed by atoms with Gasteiger partial charge in [-0.3, -0.25) is 9.69 Å². The lowest BCUT2D eigenvalue weighted by molar-refractivity contribution is -0.118. The first kappa shape index (κ1) is 19.8. The zero-order valence-corrected chi connectivity index (χ0v) is 16.8. The Morgan fingerprint density at radius 2 is 1.63 bits per heavy atom. The number of carbonyl (C=O) groups excluding carboxylic acids is 1.